The topological polar surface area (TPSA) is 72.6 Å². The molecule has 0 saturated carbocycles. The molecule has 0 amide bonds. The molecule has 6 heteroatoms. The third-order valence-electron chi connectivity index (χ3n) is 6.48. The molecule has 2 aromatic rings. The van der Waals surface area contributed by atoms with Crippen molar-refractivity contribution in [2.45, 2.75) is 32.1 Å². The zero-order chi connectivity index (χ0) is 21.7. The number of ether oxygens (including phenoxy) is 1. The van der Waals surface area contributed by atoms with Crippen molar-refractivity contribution >= 4 is 41.3 Å². The van der Waals surface area contributed by atoms with E-state index in [0.717, 1.165) is 37.1 Å². The average Bonchev–Trinajstić information content (AvgIpc) is 2.74. The van der Waals surface area contributed by atoms with E-state index in [4.69, 9.17) is 10.5 Å². The second-order valence-electron chi connectivity index (χ2n) is 8.65. The van der Waals surface area contributed by atoms with Crippen molar-refractivity contribution in [1.29, 1.82) is 0 Å². The van der Waals surface area contributed by atoms with Gasteiger partial charge in [-0.1, -0.05) is 49.4 Å². The Morgan fingerprint density at radius 1 is 1.19 bits per heavy atom. The van der Waals surface area contributed by atoms with Crippen LogP contribution in [0, 0.1) is 11.8 Å². The Kier molecular flexibility index (Phi) is 9.46. The van der Waals surface area contributed by atoms with Gasteiger partial charge in [0.2, 0.25) is 0 Å². The summed E-state index contributed by atoms with van der Waals surface area (Å²) in [4.78, 5) is 26.8. The van der Waals surface area contributed by atoms with E-state index < -0.39 is 0 Å². The van der Waals surface area contributed by atoms with Crippen LogP contribution in [0.1, 0.15) is 42.6 Å². The van der Waals surface area contributed by atoms with E-state index in [1.165, 1.54) is 6.92 Å². The molecule has 1 aliphatic heterocycles. The fourth-order valence-electron chi connectivity index (χ4n) is 4.58. The second kappa shape index (κ2) is 11.4. The first kappa shape index (κ1) is 25.8. The molecule has 0 aliphatic carbocycles. The number of Topliss-reactive ketones (excluding diaryl/α,β-unsaturated/α-hetero) is 1. The number of carbonyl (C=O) groups excluding carboxylic acids is 2. The van der Waals surface area contributed by atoms with Gasteiger partial charge in [-0.2, -0.15) is 0 Å². The molecule has 1 fully saturated rings. The Hall–Kier alpha value is -1.50. The van der Waals surface area contributed by atoms with E-state index in [1.807, 2.05) is 42.5 Å². The summed E-state index contributed by atoms with van der Waals surface area (Å²) in [6, 6.07) is 17.2. The molecule has 2 aromatic carbocycles. The number of nitrogens with zero attached hydrogens (tertiary/aromatic N) is 1. The summed E-state index contributed by atoms with van der Waals surface area (Å²) in [5.74, 6) is 0.385. The van der Waals surface area contributed by atoms with E-state index in [-0.39, 0.29) is 58.6 Å². The molecule has 31 heavy (non-hydrogen) atoms. The van der Waals surface area contributed by atoms with E-state index >= 15 is 0 Å². The molecule has 3 rings (SSSR count). The van der Waals surface area contributed by atoms with Crippen LogP contribution in [0.3, 0.4) is 0 Å². The number of benzene rings is 2. The van der Waals surface area contributed by atoms with Gasteiger partial charge in [0.05, 0.1) is 0 Å². The average molecular weight is 433 g/mol. The van der Waals surface area contributed by atoms with Crippen molar-refractivity contribution in [3.05, 3.63) is 65.7 Å². The fourth-order valence-corrected chi connectivity index (χ4v) is 4.58. The van der Waals surface area contributed by atoms with Gasteiger partial charge in [-0.15, -0.1) is 0 Å². The van der Waals surface area contributed by atoms with Crippen LogP contribution in [0.25, 0.3) is 0 Å². The van der Waals surface area contributed by atoms with Gasteiger partial charge in [-0.05, 0) is 55.5 Å². The number of carbonyl (C=O) groups is 2. The molecule has 2 unspecified atom stereocenters. The van der Waals surface area contributed by atoms with Gasteiger partial charge >= 0.3 is 35.5 Å². The molecular formula is C25H33N2NaO3. The maximum absolute atomic E-state index is 13.1. The van der Waals surface area contributed by atoms with E-state index in [0.29, 0.717) is 12.3 Å². The van der Waals surface area contributed by atoms with Crippen molar-refractivity contribution in [3.63, 3.8) is 0 Å². The molecule has 3 atom stereocenters. The van der Waals surface area contributed by atoms with Crippen LogP contribution in [0.5, 0.6) is 5.75 Å². The zero-order valence-corrected chi connectivity index (χ0v) is 18.1. The Labute approximate surface area is 207 Å². The molecule has 0 spiro atoms. The molecule has 0 bridgehead atoms. The minimum absolute atomic E-state index is 0. The third-order valence-corrected chi connectivity index (χ3v) is 6.48. The summed E-state index contributed by atoms with van der Waals surface area (Å²) in [6.07, 6.45) is 1.69. The van der Waals surface area contributed by atoms with Crippen LogP contribution in [0.15, 0.2) is 54.6 Å². The van der Waals surface area contributed by atoms with Gasteiger partial charge in [-0.25, -0.2) is 0 Å². The van der Waals surface area contributed by atoms with Crippen LogP contribution in [-0.4, -0.2) is 72.9 Å². The maximum atomic E-state index is 13.1. The number of esters is 1. The number of nitrogens with two attached hydrogens (primary N) is 1. The normalized spacial score (nSPS) is 22.3. The summed E-state index contributed by atoms with van der Waals surface area (Å²) in [5, 5.41) is 0. The fraction of sp³-hybridized carbons (Fsp3) is 0.440. The Morgan fingerprint density at radius 3 is 2.55 bits per heavy atom. The third kappa shape index (κ3) is 6.27. The van der Waals surface area contributed by atoms with Gasteiger partial charge < -0.3 is 15.4 Å². The van der Waals surface area contributed by atoms with E-state index in [1.54, 1.807) is 6.07 Å². The van der Waals surface area contributed by atoms with E-state index in [2.05, 4.69) is 24.9 Å². The molecule has 162 valence electrons. The van der Waals surface area contributed by atoms with E-state index in [9.17, 15) is 9.59 Å². The molecule has 0 aromatic heterocycles. The summed E-state index contributed by atoms with van der Waals surface area (Å²) >= 11 is 0. The van der Waals surface area contributed by atoms with Crippen LogP contribution in [-0.2, 0) is 10.2 Å². The van der Waals surface area contributed by atoms with Gasteiger partial charge in [0.1, 0.15) is 5.75 Å². The predicted molar refractivity (Wildman–Crippen MR) is 126 cm³/mol. The van der Waals surface area contributed by atoms with Crippen molar-refractivity contribution in [3.8, 4) is 5.75 Å². The minimum atomic E-state index is -0.325. The van der Waals surface area contributed by atoms with Crippen LogP contribution in [0.4, 0.5) is 0 Å². The quantitative estimate of drug-likeness (QED) is 0.315. The van der Waals surface area contributed by atoms with Gasteiger partial charge in [0.15, 0.2) is 5.78 Å². The van der Waals surface area contributed by atoms with Gasteiger partial charge in [0.25, 0.3) is 0 Å². The zero-order valence-electron chi connectivity index (χ0n) is 18.1. The second-order valence-corrected chi connectivity index (χ2v) is 8.65. The van der Waals surface area contributed by atoms with Crippen LogP contribution < -0.4 is 10.5 Å². The van der Waals surface area contributed by atoms with Crippen LogP contribution in [0.2, 0.25) is 0 Å². The molecule has 1 heterocycles. The van der Waals surface area contributed by atoms with Crippen molar-refractivity contribution < 1.29 is 14.3 Å². The molecule has 1 aliphatic rings. The summed E-state index contributed by atoms with van der Waals surface area (Å²) in [6.45, 7) is 5.88. The molecule has 0 radical (unpaired) electrons. The first-order valence-electron chi connectivity index (χ1n) is 10.6. The Balaban J connectivity index is 0.00000341. The molecular weight excluding hydrogens is 399 g/mol. The standard InChI is InChI=1S/C25H32N2O3.Na.H/c1-18(28)30-23-11-7-10-21(15-23)25(2)12-13-27(3)17-22(25)14-20(16-26)24(29)19-8-5-4-6-9-19;;/h4-11,15,20,22H,12-14,16-17,26H2,1-3H3;;/t20-,22?,25?;;/m1../s1. The number of likely N-dealkylation sites (tertiary alicyclic amines) is 1. The first-order valence-corrected chi connectivity index (χ1v) is 10.6. The number of piperidine rings is 1. The van der Waals surface area contributed by atoms with Crippen molar-refractivity contribution in [2.24, 2.45) is 17.6 Å². The predicted octanol–water partition coefficient (Wildman–Crippen LogP) is 3.02. The monoisotopic (exact) mass is 432 g/mol. The Morgan fingerprint density at radius 2 is 1.90 bits per heavy atom. The van der Waals surface area contributed by atoms with Crippen molar-refractivity contribution in [1.82, 2.24) is 4.90 Å². The summed E-state index contributed by atoms with van der Waals surface area (Å²) in [5.41, 5.74) is 7.80. The van der Waals surface area contributed by atoms with Crippen molar-refractivity contribution in [2.75, 3.05) is 26.7 Å². The summed E-state index contributed by atoms with van der Waals surface area (Å²) < 4.78 is 5.32. The van der Waals surface area contributed by atoms with Gasteiger partial charge in [0, 0.05) is 31.5 Å². The number of hydrogen-bond acceptors (Lipinski definition) is 5. The number of hydrogen-bond donors (Lipinski definition) is 1. The molecule has 1 saturated heterocycles. The summed E-state index contributed by atoms with van der Waals surface area (Å²) in [7, 11) is 2.12. The SMILES string of the molecule is CC(=O)Oc1cccc(C2(C)CCN(C)CC2C[C@H](CN)C(=O)c2ccccc2)c1.[NaH]. The molecule has 2 N–H and O–H groups in total. The number of rotatable bonds is 7. The number of ketones is 1. The first-order chi connectivity index (χ1) is 14.3. The van der Waals surface area contributed by atoms with Gasteiger partial charge in [-0.3, -0.25) is 9.59 Å². The van der Waals surface area contributed by atoms with Crippen LogP contribution >= 0.6 is 0 Å². The Bertz CT molecular complexity index is 889. The molecule has 5 nitrogen and oxygen atoms in total.